The molecule has 1 fully saturated rings. The molecule has 3 heteroatoms. The molecular formula is C23H28N2O. The SMILES string of the molecule is CC(c1ccccc1)N1CCc2ccc(NC(=O)C3CCCCC3)cc21. The third kappa shape index (κ3) is 3.48. The monoisotopic (exact) mass is 348 g/mol. The zero-order valence-corrected chi connectivity index (χ0v) is 15.6. The number of rotatable bonds is 4. The Morgan fingerprint density at radius 2 is 1.85 bits per heavy atom. The smallest absolute Gasteiger partial charge is 0.227 e. The van der Waals surface area contributed by atoms with Crippen LogP contribution in [0.4, 0.5) is 11.4 Å². The fourth-order valence-corrected chi connectivity index (χ4v) is 4.40. The van der Waals surface area contributed by atoms with E-state index in [2.05, 4.69) is 65.7 Å². The summed E-state index contributed by atoms with van der Waals surface area (Å²) in [7, 11) is 0. The number of hydrogen-bond acceptors (Lipinski definition) is 2. The summed E-state index contributed by atoms with van der Waals surface area (Å²) in [6.07, 6.45) is 6.79. The average Bonchev–Trinajstić information content (AvgIpc) is 3.12. The van der Waals surface area contributed by atoms with Gasteiger partial charge in [-0.05, 0) is 49.4 Å². The van der Waals surface area contributed by atoms with Crippen LogP contribution in [0.1, 0.15) is 56.2 Å². The normalized spacial score (nSPS) is 18.4. The van der Waals surface area contributed by atoms with E-state index in [9.17, 15) is 4.79 Å². The van der Waals surface area contributed by atoms with Gasteiger partial charge in [-0.15, -0.1) is 0 Å². The Hall–Kier alpha value is -2.29. The number of benzene rings is 2. The molecule has 2 aliphatic rings. The Kier molecular flexibility index (Phi) is 4.96. The minimum Gasteiger partial charge on any atom is -0.364 e. The summed E-state index contributed by atoms with van der Waals surface area (Å²) in [4.78, 5) is 15.0. The second-order valence-electron chi connectivity index (χ2n) is 7.70. The number of nitrogens with one attached hydrogen (secondary N) is 1. The van der Waals surface area contributed by atoms with Crippen molar-refractivity contribution in [2.24, 2.45) is 5.92 Å². The molecule has 1 N–H and O–H groups in total. The van der Waals surface area contributed by atoms with Gasteiger partial charge in [0.05, 0.1) is 6.04 Å². The summed E-state index contributed by atoms with van der Waals surface area (Å²) in [5.41, 5.74) is 4.91. The molecule has 3 nitrogen and oxygen atoms in total. The maximum atomic E-state index is 12.6. The lowest BCUT2D eigenvalue weighted by Gasteiger charge is -2.28. The summed E-state index contributed by atoms with van der Waals surface area (Å²) in [6, 6.07) is 17.4. The Balaban J connectivity index is 1.51. The molecular weight excluding hydrogens is 320 g/mol. The van der Waals surface area contributed by atoms with Gasteiger partial charge in [-0.2, -0.15) is 0 Å². The van der Waals surface area contributed by atoms with Gasteiger partial charge in [0, 0.05) is 23.8 Å². The number of anilines is 2. The van der Waals surface area contributed by atoms with E-state index in [-0.39, 0.29) is 11.8 Å². The lowest BCUT2D eigenvalue weighted by molar-refractivity contribution is -0.120. The predicted molar refractivity (Wildman–Crippen MR) is 108 cm³/mol. The van der Waals surface area contributed by atoms with Crippen molar-refractivity contribution in [2.45, 2.75) is 51.5 Å². The van der Waals surface area contributed by atoms with E-state index in [0.29, 0.717) is 6.04 Å². The van der Waals surface area contributed by atoms with E-state index in [1.165, 1.54) is 36.1 Å². The number of hydrogen-bond donors (Lipinski definition) is 1. The van der Waals surface area contributed by atoms with E-state index in [1.807, 2.05) is 0 Å². The molecule has 4 rings (SSSR count). The summed E-state index contributed by atoms with van der Waals surface area (Å²) >= 11 is 0. The van der Waals surface area contributed by atoms with Crippen LogP contribution in [0.5, 0.6) is 0 Å². The maximum Gasteiger partial charge on any atom is 0.227 e. The zero-order chi connectivity index (χ0) is 17.9. The Morgan fingerprint density at radius 1 is 1.08 bits per heavy atom. The number of carbonyl (C=O) groups excluding carboxylic acids is 1. The highest BCUT2D eigenvalue weighted by Gasteiger charge is 2.26. The second kappa shape index (κ2) is 7.53. The van der Waals surface area contributed by atoms with Gasteiger partial charge in [0.2, 0.25) is 5.91 Å². The first-order chi connectivity index (χ1) is 12.7. The molecule has 136 valence electrons. The van der Waals surface area contributed by atoms with Crippen molar-refractivity contribution in [3.8, 4) is 0 Å². The van der Waals surface area contributed by atoms with Crippen LogP contribution in [0.25, 0.3) is 0 Å². The van der Waals surface area contributed by atoms with Crippen LogP contribution in [-0.2, 0) is 11.2 Å². The van der Waals surface area contributed by atoms with Crippen LogP contribution in [0.3, 0.4) is 0 Å². The first kappa shape index (κ1) is 17.1. The van der Waals surface area contributed by atoms with Crippen molar-refractivity contribution in [3.63, 3.8) is 0 Å². The molecule has 0 bridgehead atoms. The Bertz CT molecular complexity index is 765. The molecule has 2 aromatic rings. The van der Waals surface area contributed by atoms with Crippen molar-refractivity contribution >= 4 is 17.3 Å². The van der Waals surface area contributed by atoms with Crippen LogP contribution in [0.2, 0.25) is 0 Å². The van der Waals surface area contributed by atoms with Gasteiger partial charge in [-0.3, -0.25) is 4.79 Å². The Morgan fingerprint density at radius 3 is 2.62 bits per heavy atom. The van der Waals surface area contributed by atoms with Crippen molar-refractivity contribution in [1.29, 1.82) is 0 Å². The summed E-state index contributed by atoms with van der Waals surface area (Å²) in [6.45, 7) is 3.29. The van der Waals surface area contributed by atoms with Gasteiger partial charge in [0.25, 0.3) is 0 Å². The van der Waals surface area contributed by atoms with Crippen LogP contribution in [0, 0.1) is 5.92 Å². The molecule has 0 aromatic heterocycles. The quantitative estimate of drug-likeness (QED) is 0.810. The van der Waals surface area contributed by atoms with E-state index in [4.69, 9.17) is 0 Å². The minimum absolute atomic E-state index is 0.191. The first-order valence-corrected chi connectivity index (χ1v) is 9.98. The van der Waals surface area contributed by atoms with Crippen LogP contribution >= 0.6 is 0 Å². The lowest BCUT2D eigenvalue weighted by Crippen LogP contribution is -2.26. The standard InChI is InChI=1S/C23H28N2O/c1-17(18-8-4-2-5-9-18)25-15-14-19-12-13-21(16-22(19)25)24-23(26)20-10-6-3-7-11-20/h2,4-5,8-9,12-13,16-17,20H,3,6-7,10-11,14-15H2,1H3,(H,24,26). The highest BCUT2D eigenvalue weighted by atomic mass is 16.1. The summed E-state index contributed by atoms with van der Waals surface area (Å²) in [5.74, 6) is 0.390. The number of fused-ring (bicyclic) bond motifs is 1. The molecule has 1 heterocycles. The molecule has 26 heavy (non-hydrogen) atoms. The maximum absolute atomic E-state index is 12.6. The van der Waals surface area contributed by atoms with Crippen molar-refractivity contribution < 1.29 is 4.79 Å². The number of carbonyl (C=O) groups is 1. The molecule has 2 aromatic carbocycles. The van der Waals surface area contributed by atoms with Gasteiger partial charge in [0.1, 0.15) is 0 Å². The van der Waals surface area contributed by atoms with Crippen LogP contribution in [0.15, 0.2) is 48.5 Å². The summed E-state index contributed by atoms with van der Waals surface area (Å²) < 4.78 is 0. The van der Waals surface area contributed by atoms with E-state index >= 15 is 0 Å². The zero-order valence-electron chi connectivity index (χ0n) is 15.6. The average molecular weight is 348 g/mol. The fraction of sp³-hybridized carbons (Fsp3) is 0.435. The Labute approximate surface area is 156 Å². The van der Waals surface area contributed by atoms with E-state index < -0.39 is 0 Å². The van der Waals surface area contributed by atoms with Crippen molar-refractivity contribution in [3.05, 3.63) is 59.7 Å². The topological polar surface area (TPSA) is 32.3 Å². The molecule has 0 radical (unpaired) electrons. The van der Waals surface area contributed by atoms with Gasteiger partial charge in [-0.1, -0.05) is 55.7 Å². The van der Waals surface area contributed by atoms with Crippen molar-refractivity contribution in [1.82, 2.24) is 0 Å². The van der Waals surface area contributed by atoms with Gasteiger partial charge >= 0.3 is 0 Å². The second-order valence-corrected chi connectivity index (χ2v) is 7.70. The van der Waals surface area contributed by atoms with Crippen molar-refractivity contribution in [2.75, 3.05) is 16.8 Å². The molecule has 1 saturated carbocycles. The van der Waals surface area contributed by atoms with E-state index in [0.717, 1.165) is 31.5 Å². The third-order valence-electron chi connectivity index (χ3n) is 6.01. The largest absolute Gasteiger partial charge is 0.364 e. The molecule has 1 unspecified atom stereocenters. The predicted octanol–water partition coefficient (Wildman–Crippen LogP) is 5.33. The van der Waals surface area contributed by atoms with Gasteiger partial charge < -0.3 is 10.2 Å². The molecule has 1 atom stereocenters. The minimum atomic E-state index is 0.191. The molecule has 1 amide bonds. The first-order valence-electron chi connectivity index (χ1n) is 9.98. The van der Waals surface area contributed by atoms with Gasteiger partial charge in [-0.25, -0.2) is 0 Å². The number of nitrogens with zero attached hydrogens (tertiary/aromatic N) is 1. The fourth-order valence-electron chi connectivity index (χ4n) is 4.40. The van der Waals surface area contributed by atoms with Crippen LogP contribution in [-0.4, -0.2) is 12.5 Å². The van der Waals surface area contributed by atoms with Gasteiger partial charge in [0.15, 0.2) is 0 Å². The highest BCUT2D eigenvalue weighted by molar-refractivity contribution is 5.93. The highest BCUT2D eigenvalue weighted by Crippen LogP contribution is 2.37. The van der Waals surface area contributed by atoms with Crippen LogP contribution < -0.4 is 10.2 Å². The molecule has 0 spiro atoms. The number of amides is 1. The third-order valence-corrected chi connectivity index (χ3v) is 6.01. The molecule has 1 aliphatic carbocycles. The molecule has 0 saturated heterocycles. The summed E-state index contributed by atoms with van der Waals surface area (Å²) in [5, 5.41) is 3.17. The molecule has 1 aliphatic heterocycles. The van der Waals surface area contributed by atoms with E-state index in [1.54, 1.807) is 0 Å². The lowest BCUT2D eigenvalue weighted by atomic mass is 9.88.